The second-order valence-electron chi connectivity index (χ2n) is 5.96. The molecular weight excluding hydrogens is 310 g/mol. The first-order chi connectivity index (χ1) is 11.5. The largest absolute Gasteiger partial charge is 0.481 e. The van der Waals surface area contributed by atoms with E-state index in [0.29, 0.717) is 12.2 Å². The topological polar surface area (TPSA) is 84.7 Å². The van der Waals surface area contributed by atoms with E-state index in [4.69, 9.17) is 4.74 Å². The first-order valence-electron chi connectivity index (χ1n) is 7.71. The Bertz CT molecular complexity index is 728. The Balaban J connectivity index is 1.66. The van der Waals surface area contributed by atoms with Gasteiger partial charge < -0.3 is 19.3 Å². The lowest BCUT2D eigenvalue weighted by Gasteiger charge is -2.15. The molecule has 24 heavy (non-hydrogen) atoms. The number of amides is 1. The van der Waals surface area contributed by atoms with Gasteiger partial charge in [0.1, 0.15) is 6.61 Å². The van der Waals surface area contributed by atoms with Gasteiger partial charge in [0.15, 0.2) is 0 Å². The van der Waals surface area contributed by atoms with Crippen molar-refractivity contribution in [2.45, 2.75) is 12.5 Å². The second-order valence-corrected chi connectivity index (χ2v) is 5.96. The molecule has 1 fully saturated rings. The number of rotatable bonds is 4. The highest BCUT2D eigenvalue weighted by atomic mass is 16.6. The van der Waals surface area contributed by atoms with Crippen molar-refractivity contribution >= 4 is 12.1 Å². The van der Waals surface area contributed by atoms with E-state index in [1.165, 1.54) is 4.90 Å². The molecule has 3 rings (SSSR count). The van der Waals surface area contributed by atoms with Crippen molar-refractivity contribution in [2.75, 3.05) is 13.1 Å². The third kappa shape index (κ3) is 3.40. The smallest absolute Gasteiger partial charge is 0.410 e. The number of aryl methyl sites for hydroxylation is 1. The highest BCUT2D eigenvalue weighted by Gasteiger charge is 2.42. The van der Waals surface area contributed by atoms with Crippen LogP contribution in [0.3, 0.4) is 0 Å². The van der Waals surface area contributed by atoms with Crippen LogP contribution in [0.2, 0.25) is 0 Å². The van der Waals surface area contributed by atoms with E-state index in [9.17, 15) is 14.7 Å². The van der Waals surface area contributed by atoms with E-state index in [1.807, 2.05) is 37.4 Å². The summed E-state index contributed by atoms with van der Waals surface area (Å²) >= 11 is 0. The van der Waals surface area contributed by atoms with Crippen LogP contribution in [-0.4, -0.2) is 44.7 Å². The van der Waals surface area contributed by atoms with Crippen LogP contribution in [0.1, 0.15) is 17.2 Å². The number of aromatic nitrogens is 2. The van der Waals surface area contributed by atoms with E-state index < -0.39 is 18.0 Å². The van der Waals surface area contributed by atoms with Crippen LogP contribution < -0.4 is 0 Å². The lowest BCUT2D eigenvalue weighted by molar-refractivity contribution is -0.141. The van der Waals surface area contributed by atoms with E-state index in [2.05, 4.69) is 4.98 Å². The third-order valence-electron chi connectivity index (χ3n) is 4.21. The number of ether oxygens (including phenoxy) is 1. The van der Waals surface area contributed by atoms with Gasteiger partial charge in [0, 0.05) is 32.3 Å². The van der Waals surface area contributed by atoms with Crippen LogP contribution in [0.15, 0.2) is 42.9 Å². The van der Waals surface area contributed by atoms with Crippen LogP contribution in [0.25, 0.3) is 0 Å². The van der Waals surface area contributed by atoms with Crippen molar-refractivity contribution in [2.24, 2.45) is 13.0 Å². The molecule has 0 unspecified atom stereocenters. The predicted molar refractivity (Wildman–Crippen MR) is 85.3 cm³/mol. The predicted octanol–water partition coefficient (Wildman–Crippen LogP) is 1.86. The van der Waals surface area contributed by atoms with Crippen molar-refractivity contribution in [3.05, 3.63) is 54.1 Å². The fourth-order valence-corrected chi connectivity index (χ4v) is 2.94. The minimum Gasteiger partial charge on any atom is -0.481 e. The lowest BCUT2D eigenvalue weighted by Crippen LogP contribution is -2.30. The summed E-state index contributed by atoms with van der Waals surface area (Å²) in [6.07, 6.45) is 2.92. The molecule has 1 aliphatic rings. The number of carbonyl (C=O) groups is 2. The van der Waals surface area contributed by atoms with Gasteiger partial charge in [-0.15, -0.1) is 0 Å². The fourth-order valence-electron chi connectivity index (χ4n) is 2.94. The van der Waals surface area contributed by atoms with Gasteiger partial charge in [0.2, 0.25) is 0 Å². The standard InChI is InChI=1S/C17H19N3O4/c1-19-9-15(18-11-19)13-7-20(8-14(13)16(21)22)17(23)24-10-12-5-3-2-4-6-12/h2-6,9,11,13-14H,7-8,10H2,1H3,(H,21,22)/t13-,14-/m1/s1. The summed E-state index contributed by atoms with van der Waals surface area (Å²) in [5.41, 5.74) is 1.57. The summed E-state index contributed by atoms with van der Waals surface area (Å²) in [7, 11) is 1.83. The van der Waals surface area contributed by atoms with Gasteiger partial charge >= 0.3 is 12.1 Å². The van der Waals surface area contributed by atoms with Crippen molar-refractivity contribution < 1.29 is 19.4 Å². The number of carbonyl (C=O) groups excluding carboxylic acids is 1. The van der Waals surface area contributed by atoms with Gasteiger partial charge in [0.05, 0.1) is 17.9 Å². The quantitative estimate of drug-likeness (QED) is 0.925. The highest BCUT2D eigenvalue weighted by molar-refractivity contribution is 5.75. The summed E-state index contributed by atoms with van der Waals surface area (Å²) < 4.78 is 7.07. The van der Waals surface area contributed by atoms with Crippen molar-refractivity contribution in [3.8, 4) is 0 Å². The Kier molecular flexibility index (Phi) is 4.50. The number of nitrogens with zero attached hydrogens (tertiary/aromatic N) is 3. The third-order valence-corrected chi connectivity index (χ3v) is 4.21. The summed E-state index contributed by atoms with van der Waals surface area (Å²) in [4.78, 5) is 29.5. The van der Waals surface area contributed by atoms with Gasteiger partial charge in [0.25, 0.3) is 0 Å². The first-order valence-corrected chi connectivity index (χ1v) is 7.71. The molecule has 126 valence electrons. The van der Waals surface area contributed by atoms with Crippen LogP contribution in [0, 0.1) is 5.92 Å². The number of carboxylic acids is 1. The summed E-state index contributed by atoms with van der Waals surface area (Å²) in [5.74, 6) is -1.93. The second kappa shape index (κ2) is 6.74. The number of benzene rings is 1. The number of likely N-dealkylation sites (tertiary alicyclic amines) is 1. The Morgan fingerprint density at radius 1 is 1.29 bits per heavy atom. The maximum atomic E-state index is 12.3. The molecule has 1 aliphatic heterocycles. The van der Waals surface area contributed by atoms with Crippen LogP contribution in [0.5, 0.6) is 0 Å². The minimum absolute atomic E-state index is 0.129. The zero-order valence-corrected chi connectivity index (χ0v) is 13.3. The van der Waals surface area contributed by atoms with E-state index in [-0.39, 0.29) is 19.1 Å². The monoisotopic (exact) mass is 329 g/mol. The number of carboxylic acid groups (broad SMARTS) is 1. The fraction of sp³-hybridized carbons (Fsp3) is 0.353. The summed E-state index contributed by atoms with van der Waals surface area (Å²) in [5, 5.41) is 9.45. The molecule has 2 heterocycles. The van der Waals surface area contributed by atoms with Crippen LogP contribution in [-0.2, 0) is 23.2 Å². The number of imidazole rings is 1. The maximum Gasteiger partial charge on any atom is 0.410 e. The minimum atomic E-state index is -0.927. The van der Waals surface area contributed by atoms with E-state index >= 15 is 0 Å². The molecule has 0 radical (unpaired) electrons. The molecule has 0 bridgehead atoms. The first kappa shape index (κ1) is 16.0. The molecule has 7 nitrogen and oxygen atoms in total. The van der Waals surface area contributed by atoms with Gasteiger partial charge in [-0.05, 0) is 5.56 Å². The Morgan fingerprint density at radius 3 is 2.67 bits per heavy atom. The Labute approximate surface area is 139 Å². The molecule has 7 heteroatoms. The Morgan fingerprint density at radius 2 is 2.04 bits per heavy atom. The number of hydrogen-bond donors (Lipinski definition) is 1. The van der Waals surface area contributed by atoms with Gasteiger partial charge in [-0.2, -0.15) is 0 Å². The summed E-state index contributed by atoms with van der Waals surface area (Å²) in [6, 6.07) is 9.37. The van der Waals surface area contributed by atoms with Crippen molar-refractivity contribution in [1.82, 2.24) is 14.5 Å². The molecule has 1 N–H and O–H groups in total. The molecule has 1 aromatic carbocycles. The Hall–Kier alpha value is -2.83. The number of aliphatic carboxylic acids is 1. The van der Waals surface area contributed by atoms with Gasteiger partial charge in [-0.1, -0.05) is 30.3 Å². The normalized spacial score (nSPS) is 20.1. The maximum absolute atomic E-state index is 12.3. The zero-order valence-electron chi connectivity index (χ0n) is 13.3. The molecule has 1 amide bonds. The van der Waals surface area contributed by atoms with Gasteiger partial charge in [-0.3, -0.25) is 4.79 Å². The molecular formula is C17H19N3O4. The van der Waals surface area contributed by atoms with E-state index in [1.54, 1.807) is 17.1 Å². The van der Waals surface area contributed by atoms with Crippen molar-refractivity contribution in [3.63, 3.8) is 0 Å². The van der Waals surface area contributed by atoms with Crippen LogP contribution >= 0.6 is 0 Å². The zero-order chi connectivity index (χ0) is 17.1. The molecule has 0 saturated carbocycles. The summed E-state index contributed by atoms with van der Waals surface area (Å²) in [6.45, 7) is 0.591. The molecule has 1 saturated heterocycles. The van der Waals surface area contributed by atoms with Crippen LogP contribution in [0.4, 0.5) is 4.79 Å². The molecule has 0 aliphatic carbocycles. The number of hydrogen-bond acceptors (Lipinski definition) is 4. The SMILES string of the molecule is Cn1cnc([C@@H]2CN(C(=O)OCc3ccccc3)C[C@H]2C(=O)O)c1. The highest BCUT2D eigenvalue weighted by Crippen LogP contribution is 2.32. The lowest BCUT2D eigenvalue weighted by atomic mass is 9.94. The van der Waals surface area contributed by atoms with Crippen molar-refractivity contribution in [1.29, 1.82) is 0 Å². The van der Waals surface area contributed by atoms with Gasteiger partial charge in [-0.25, -0.2) is 9.78 Å². The molecule has 1 aromatic heterocycles. The average Bonchev–Trinajstić information content (AvgIpc) is 3.20. The molecule has 2 atom stereocenters. The average molecular weight is 329 g/mol. The molecule has 2 aromatic rings. The van der Waals surface area contributed by atoms with E-state index in [0.717, 1.165) is 5.56 Å². The molecule has 0 spiro atoms.